The molecule has 0 amide bonds. The number of aromatic nitrogens is 1. The minimum Gasteiger partial charge on any atom is -0.361 e. The summed E-state index contributed by atoms with van der Waals surface area (Å²) < 4.78 is 0. The summed E-state index contributed by atoms with van der Waals surface area (Å²) in [7, 11) is 0. The Morgan fingerprint density at radius 1 is 0.955 bits per heavy atom. The van der Waals surface area contributed by atoms with Crippen molar-refractivity contribution in [3.05, 3.63) is 93.8 Å². The van der Waals surface area contributed by atoms with Crippen LogP contribution < -0.4 is 0 Å². The predicted octanol–water partition coefficient (Wildman–Crippen LogP) is 5.72. The maximum atomic E-state index is 3.43. The van der Waals surface area contributed by atoms with Crippen molar-refractivity contribution in [3.8, 4) is 0 Å². The first-order chi connectivity index (χ1) is 10.8. The molecule has 0 unspecified atom stereocenters. The second-order valence-corrected chi connectivity index (χ2v) is 6.63. The molecule has 1 N–H and O–H groups in total. The molecule has 22 heavy (non-hydrogen) atoms. The molecule has 0 saturated carbocycles. The largest absolute Gasteiger partial charge is 0.361 e. The fourth-order valence-electron chi connectivity index (χ4n) is 3.09. The van der Waals surface area contributed by atoms with Crippen LogP contribution in [0.2, 0.25) is 0 Å². The monoisotopic (exact) mass is 303 g/mol. The van der Waals surface area contributed by atoms with Crippen LogP contribution in [0.15, 0.2) is 72.2 Å². The van der Waals surface area contributed by atoms with Crippen LogP contribution in [0.4, 0.5) is 0 Å². The lowest BCUT2D eigenvalue weighted by atomic mass is 9.89. The highest BCUT2D eigenvalue weighted by Crippen LogP contribution is 2.38. The van der Waals surface area contributed by atoms with Crippen LogP contribution in [0.3, 0.4) is 0 Å². The first kappa shape index (κ1) is 13.4. The fourth-order valence-corrected chi connectivity index (χ4v) is 3.96. The second kappa shape index (κ2) is 5.47. The van der Waals surface area contributed by atoms with Gasteiger partial charge in [0.2, 0.25) is 0 Å². The average molecular weight is 303 g/mol. The van der Waals surface area contributed by atoms with Crippen molar-refractivity contribution >= 4 is 22.2 Å². The Balaban J connectivity index is 1.96. The minimum atomic E-state index is 0.289. The molecular formula is C20H17NS. The predicted molar refractivity (Wildman–Crippen MR) is 94.7 cm³/mol. The van der Waals surface area contributed by atoms with E-state index in [9.17, 15) is 0 Å². The SMILES string of the molecule is Cc1ccc2[nH]cc([C@@H](c3ccccc3)c3cccs3)c2c1. The van der Waals surface area contributed by atoms with E-state index in [0.717, 1.165) is 0 Å². The Hall–Kier alpha value is -2.32. The maximum absolute atomic E-state index is 3.43. The number of rotatable bonds is 3. The lowest BCUT2D eigenvalue weighted by Crippen LogP contribution is -2.00. The topological polar surface area (TPSA) is 15.8 Å². The smallest absolute Gasteiger partial charge is 0.0457 e. The van der Waals surface area contributed by atoms with Gasteiger partial charge in [-0.25, -0.2) is 0 Å². The molecule has 2 aromatic heterocycles. The molecule has 2 aromatic carbocycles. The quantitative estimate of drug-likeness (QED) is 0.498. The number of hydrogen-bond acceptors (Lipinski definition) is 1. The van der Waals surface area contributed by atoms with Crippen molar-refractivity contribution in [2.45, 2.75) is 12.8 Å². The van der Waals surface area contributed by atoms with Gasteiger partial charge >= 0.3 is 0 Å². The van der Waals surface area contributed by atoms with E-state index in [-0.39, 0.29) is 5.92 Å². The molecule has 4 aromatic rings. The number of hydrogen-bond donors (Lipinski definition) is 1. The minimum absolute atomic E-state index is 0.289. The molecule has 0 radical (unpaired) electrons. The second-order valence-electron chi connectivity index (χ2n) is 5.65. The number of aryl methyl sites for hydroxylation is 1. The van der Waals surface area contributed by atoms with Gasteiger partial charge in [-0.15, -0.1) is 11.3 Å². The van der Waals surface area contributed by atoms with E-state index in [1.54, 1.807) is 0 Å². The third kappa shape index (κ3) is 2.26. The van der Waals surface area contributed by atoms with Crippen LogP contribution in [0.25, 0.3) is 10.9 Å². The van der Waals surface area contributed by atoms with Gasteiger partial charge in [0.25, 0.3) is 0 Å². The molecule has 0 aliphatic heterocycles. The Morgan fingerprint density at radius 2 is 1.82 bits per heavy atom. The molecule has 2 heteroatoms. The lowest BCUT2D eigenvalue weighted by molar-refractivity contribution is 1.02. The van der Waals surface area contributed by atoms with Crippen LogP contribution in [0, 0.1) is 6.92 Å². The number of thiophene rings is 1. The van der Waals surface area contributed by atoms with Gasteiger partial charge in [-0.05, 0) is 41.6 Å². The van der Waals surface area contributed by atoms with Gasteiger partial charge in [0.05, 0.1) is 0 Å². The highest BCUT2D eigenvalue weighted by atomic mass is 32.1. The summed E-state index contributed by atoms with van der Waals surface area (Å²) in [5, 5.41) is 3.48. The number of aromatic amines is 1. The van der Waals surface area contributed by atoms with Gasteiger partial charge in [0, 0.05) is 27.9 Å². The highest BCUT2D eigenvalue weighted by Gasteiger charge is 2.20. The van der Waals surface area contributed by atoms with Crippen molar-refractivity contribution in [2.75, 3.05) is 0 Å². The van der Waals surface area contributed by atoms with E-state index < -0.39 is 0 Å². The molecule has 1 atom stereocenters. The zero-order valence-corrected chi connectivity index (χ0v) is 13.2. The molecule has 0 bridgehead atoms. The first-order valence-corrected chi connectivity index (χ1v) is 8.37. The summed E-state index contributed by atoms with van der Waals surface area (Å²) in [5.74, 6) is 0.289. The van der Waals surface area contributed by atoms with Crippen molar-refractivity contribution in [2.24, 2.45) is 0 Å². The standard InChI is InChI=1S/C20H17NS/c1-14-9-10-18-16(12-14)17(13-21-18)20(19-8-5-11-22-19)15-6-3-2-4-7-15/h2-13,20-21H,1H3/t20-/m1/s1. The zero-order valence-electron chi connectivity index (χ0n) is 12.4. The normalized spacial score (nSPS) is 12.6. The summed E-state index contributed by atoms with van der Waals surface area (Å²) in [4.78, 5) is 4.82. The van der Waals surface area contributed by atoms with Gasteiger partial charge in [-0.1, -0.05) is 48.0 Å². The van der Waals surface area contributed by atoms with E-state index in [1.165, 1.54) is 32.5 Å². The summed E-state index contributed by atoms with van der Waals surface area (Å²) in [6.45, 7) is 2.15. The molecule has 0 spiro atoms. The Kier molecular flexibility index (Phi) is 3.32. The maximum Gasteiger partial charge on any atom is 0.0457 e. The van der Waals surface area contributed by atoms with Gasteiger partial charge in [-0.3, -0.25) is 0 Å². The van der Waals surface area contributed by atoms with E-state index in [2.05, 4.69) is 84.1 Å². The molecule has 0 saturated heterocycles. The zero-order chi connectivity index (χ0) is 14.9. The molecule has 0 fully saturated rings. The van der Waals surface area contributed by atoms with Crippen LogP contribution in [0.1, 0.15) is 27.5 Å². The average Bonchev–Trinajstić information content (AvgIpc) is 3.20. The third-order valence-electron chi connectivity index (χ3n) is 4.14. The Morgan fingerprint density at radius 3 is 2.59 bits per heavy atom. The lowest BCUT2D eigenvalue weighted by Gasteiger charge is -2.16. The summed E-state index contributed by atoms with van der Waals surface area (Å²) in [6, 6.07) is 21.7. The summed E-state index contributed by atoms with van der Waals surface area (Å²) in [5.41, 5.74) is 5.20. The van der Waals surface area contributed by atoms with Gasteiger partial charge < -0.3 is 4.98 Å². The van der Waals surface area contributed by atoms with Crippen molar-refractivity contribution in [1.29, 1.82) is 0 Å². The highest BCUT2D eigenvalue weighted by molar-refractivity contribution is 7.10. The van der Waals surface area contributed by atoms with E-state index in [1.807, 2.05) is 11.3 Å². The third-order valence-corrected chi connectivity index (χ3v) is 5.08. The van der Waals surface area contributed by atoms with Crippen LogP contribution in [-0.2, 0) is 0 Å². The number of fused-ring (bicyclic) bond motifs is 1. The molecule has 4 rings (SSSR count). The molecular weight excluding hydrogens is 286 g/mol. The van der Waals surface area contributed by atoms with E-state index in [0.29, 0.717) is 0 Å². The number of benzene rings is 2. The van der Waals surface area contributed by atoms with Crippen molar-refractivity contribution < 1.29 is 0 Å². The van der Waals surface area contributed by atoms with E-state index in [4.69, 9.17) is 0 Å². The van der Waals surface area contributed by atoms with Gasteiger partial charge in [0.15, 0.2) is 0 Å². The molecule has 0 aliphatic rings. The van der Waals surface area contributed by atoms with Gasteiger partial charge in [0.1, 0.15) is 0 Å². The van der Waals surface area contributed by atoms with Crippen LogP contribution in [-0.4, -0.2) is 4.98 Å². The number of H-pyrrole nitrogens is 1. The fraction of sp³-hybridized carbons (Fsp3) is 0.100. The summed E-state index contributed by atoms with van der Waals surface area (Å²) >= 11 is 1.82. The van der Waals surface area contributed by atoms with E-state index >= 15 is 0 Å². The summed E-state index contributed by atoms with van der Waals surface area (Å²) in [6.07, 6.45) is 2.17. The molecule has 2 heterocycles. The molecule has 0 aliphatic carbocycles. The molecule has 108 valence electrons. The Bertz CT molecular complexity index is 888. The molecule has 1 nitrogen and oxygen atoms in total. The Labute approximate surface area is 134 Å². The first-order valence-electron chi connectivity index (χ1n) is 7.49. The van der Waals surface area contributed by atoms with Crippen molar-refractivity contribution in [1.82, 2.24) is 4.98 Å². The van der Waals surface area contributed by atoms with Gasteiger partial charge in [-0.2, -0.15) is 0 Å². The van der Waals surface area contributed by atoms with Crippen molar-refractivity contribution in [3.63, 3.8) is 0 Å². The number of nitrogens with one attached hydrogen (secondary N) is 1. The van der Waals surface area contributed by atoms with Crippen LogP contribution >= 0.6 is 11.3 Å². The van der Waals surface area contributed by atoms with Crippen LogP contribution in [0.5, 0.6) is 0 Å².